The molecule has 1 aromatic carbocycles. The summed E-state index contributed by atoms with van der Waals surface area (Å²) in [6, 6.07) is 10.6. The van der Waals surface area contributed by atoms with Crippen molar-refractivity contribution in [3.63, 3.8) is 0 Å². The van der Waals surface area contributed by atoms with Gasteiger partial charge in [0.05, 0.1) is 18.8 Å². The smallest absolute Gasteiger partial charge is 0.422 e. The highest BCUT2D eigenvalue weighted by molar-refractivity contribution is 5.93. The Morgan fingerprint density at radius 3 is 2.62 bits per heavy atom. The average molecular weight is 409 g/mol. The summed E-state index contributed by atoms with van der Waals surface area (Å²) in [7, 11) is 0. The van der Waals surface area contributed by atoms with Gasteiger partial charge in [-0.1, -0.05) is 24.3 Å². The number of morpholine rings is 1. The molecule has 1 amide bonds. The Morgan fingerprint density at radius 2 is 1.93 bits per heavy atom. The molecule has 0 aliphatic carbocycles. The Morgan fingerprint density at radius 1 is 1.17 bits per heavy atom. The van der Waals surface area contributed by atoms with E-state index in [4.69, 9.17) is 4.74 Å². The third kappa shape index (κ3) is 7.03. The zero-order valence-corrected chi connectivity index (χ0v) is 15.7. The molecule has 0 atom stereocenters. The van der Waals surface area contributed by atoms with Crippen LogP contribution < -0.4 is 10.1 Å². The van der Waals surface area contributed by atoms with Crippen LogP contribution in [0.15, 0.2) is 42.6 Å². The molecule has 0 bridgehead atoms. The molecule has 1 aromatic heterocycles. The van der Waals surface area contributed by atoms with Gasteiger partial charge in [0.25, 0.3) is 5.91 Å². The monoisotopic (exact) mass is 409 g/mol. The number of pyridine rings is 1. The van der Waals surface area contributed by atoms with Crippen molar-refractivity contribution in [2.24, 2.45) is 0 Å². The number of nitrogens with zero attached hydrogens (tertiary/aromatic N) is 2. The Bertz CT molecular complexity index is 807. The van der Waals surface area contributed by atoms with Crippen LogP contribution in [0.5, 0.6) is 5.88 Å². The maximum Gasteiger partial charge on any atom is 0.422 e. The number of aromatic nitrogens is 1. The molecule has 9 heteroatoms. The molecule has 29 heavy (non-hydrogen) atoms. The minimum Gasteiger partial charge on any atom is -0.468 e. The van der Waals surface area contributed by atoms with Crippen LogP contribution in [0.25, 0.3) is 0 Å². The molecule has 1 aliphatic heterocycles. The lowest BCUT2D eigenvalue weighted by Gasteiger charge is -2.26. The van der Waals surface area contributed by atoms with Gasteiger partial charge in [0.15, 0.2) is 6.61 Å². The molecule has 156 valence electrons. The van der Waals surface area contributed by atoms with Crippen LogP contribution in [0.4, 0.5) is 13.2 Å². The molecule has 3 rings (SSSR count). The summed E-state index contributed by atoms with van der Waals surface area (Å²) in [5.41, 5.74) is 2.36. The van der Waals surface area contributed by atoms with Gasteiger partial charge >= 0.3 is 6.18 Å². The standard InChI is InChI=1S/C20H22F3N3O3/c21-20(22,23)14-29-18-5-4-17(12-24-18)19(27)25-11-15-2-1-3-16(10-15)13-26-6-8-28-9-7-26/h1-5,10,12H,6-9,11,13-14H2,(H,25,27). The lowest BCUT2D eigenvalue weighted by molar-refractivity contribution is -0.154. The number of rotatable bonds is 7. The Kier molecular flexibility index (Phi) is 7.05. The molecule has 0 unspecified atom stereocenters. The number of carbonyl (C=O) groups excluding carboxylic acids is 1. The number of amides is 1. The largest absolute Gasteiger partial charge is 0.468 e. The van der Waals surface area contributed by atoms with Crippen molar-refractivity contribution >= 4 is 5.91 Å². The van der Waals surface area contributed by atoms with Gasteiger partial charge in [0.1, 0.15) is 0 Å². The van der Waals surface area contributed by atoms with Crippen LogP contribution in [0.1, 0.15) is 21.5 Å². The Balaban J connectivity index is 1.50. The molecular weight excluding hydrogens is 387 g/mol. The van der Waals surface area contributed by atoms with Crippen LogP contribution in [0.2, 0.25) is 0 Å². The normalized spacial score (nSPS) is 15.1. The predicted molar refractivity (Wildman–Crippen MR) is 99.5 cm³/mol. The summed E-state index contributed by atoms with van der Waals surface area (Å²) >= 11 is 0. The van der Waals surface area contributed by atoms with Crippen LogP contribution in [-0.4, -0.2) is 54.9 Å². The third-order valence-electron chi connectivity index (χ3n) is 4.34. The van der Waals surface area contributed by atoms with Gasteiger partial charge in [0, 0.05) is 38.4 Å². The second kappa shape index (κ2) is 9.71. The molecule has 1 aliphatic rings. The molecular formula is C20H22F3N3O3. The van der Waals surface area contributed by atoms with Crippen molar-refractivity contribution in [1.29, 1.82) is 0 Å². The first-order valence-electron chi connectivity index (χ1n) is 9.21. The average Bonchev–Trinajstić information content (AvgIpc) is 2.71. The Labute approximate surface area is 166 Å². The maximum atomic E-state index is 12.3. The highest BCUT2D eigenvalue weighted by atomic mass is 19.4. The van der Waals surface area contributed by atoms with Crippen molar-refractivity contribution in [1.82, 2.24) is 15.2 Å². The van der Waals surface area contributed by atoms with Crippen molar-refractivity contribution < 1.29 is 27.4 Å². The first-order valence-corrected chi connectivity index (χ1v) is 9.21. The van der Waals surface area contributed by atoms with E-state index in [1.165, 1.54) is 18.3 Å². The summed E-state index contributed by atoms with van der Waals surface area (Å²) in [4.78, 5) is 18.3. The van der Waals surface area contributed by atoms with Crippen molar-refractivity contribution in [2.75, 3.05) is 32.9 Å². The van der Waals surface area contributed by atoms with E-state index >= 15 is 0 Å². The van der Waals surface area contributed by atoms with E-state index in [1.807, 2.05) is 24.3 Å². The molecule has 0 spiro atoms. The van der Waals surface area contributed by atoms with E-state index in [9.17, 15) is 18.0 Å². The highest BCUT2D eigenvalue weighted by Gasteiger charge is 2.28. The Hall–Kier alpha value is -2.65. The fraction of sp³-hybridized carbons (Fsp3) is 0.400. The van der Waals surface area contributed by atoms with E-state index < -0.39 is 12.8 Å². The number of ether oxygens (including phenoxy) is 2. The number of hydrogen-bond acceptors (Lipinski definition) is 5. The minimum absolute atomic E-state index is 0.185. The molecule has 1 saturated heterocycles. The molecule has 1 N–H and O–H groups in total. The van der Waals surface area contributed by atoms with E-state index in [0.717, 1.165) is 44.0 Å². The zero-order chi connectivity index (χ0) is 20.7. The molecule has 2 heterocycles. The van der Waals surface area contributed by atoms with Gasteiger partial charge in [-0.25, -0.2) is 4.98 Å². The zero-order valence-electron chi connectivity index (χ0n) is 15.7. The fourth-order valence-electron chi connectivity index (χ4n) is 2.90. The quantitative estimate of drug-likeness (QED) is 0.762. The van der Waals surface area contributed by atoms with Crippen LogP contribution in [0, 0.1) is 0 Å². The molecule has 0 radical (unpaired) electrons. The summed E-state index contributed by atoms with van der Waals surface area (Å²) < 4.78 is 46.3. The van der Waals surface area contributed by atoms with E-state index in [-0.39, 0.29) is 17.4 Å². The topological polar surface area (TPSA) is 63.7 Å². The van der Waals surface area contributed by atoms with Gasteiger partial charge in [-0.2, -0.15) is 13.2 Å². The summed E-state index contributed by atoms with van der Waals surface area (Å²) in [6.07, 6.45) is -3.25. The number of nitrogens with one attached hydrogen (secondary N) is 1. The van der Waals surface area contributed by atoms with Crippen LogP contribution in [-0.2, 0) is 17.8 Å². The first-order chi connectivity index (χ1) is 13.9. The van der Waals surface area contributed by atoms with Gasteiger partial charge < -0.3 is 14.8 Å². The van der Waals surface area contributed by atoms with Gasteiger partial charge in [-0.05, 0) is 17.2 Å². The number of carbonyl (C=O) groups is 1. The van der Waals surface area contributed by atoms with Gasteiger partial charge in [-0.15, -0.1) is 0 Å². The number of benzene rings is 1. The van der Waals surface area contributed by atoms with Crippen LogP contribution >= 0.6 is 0 Å². The van der Waals surface area contributed by atoms with E-state index in [2.05, 4.69) is 19.9 Å². The van der Waals surface area contributed by atoms with Crippen molar-refractivity contribution in [2.45, 2.75) is 19.3 Å². The van der Waals surface area contributed by atoms with E-state index in [0.29, 0.717) is 6.54 Å². The van der Waals surface area contributed by atoms with Crippen molar-refractivity contribution in [3.8, 4) is 5.88 Å². The van der Waals surface area contributed by atoms with E-state index in [1.54, 1.807) is 0 Å². The third-order valence-corrected chi connectivity index (χ3v) is 4.34. The van der Waals surface area contributed by atoms with Crippen molar-refractivity contribution in [3.05, 3.63) is 59.3 Å². The predicted octanol–water partition coefficient (Wildman–Crippen LogP) is 2.78. The lowest BCUT2D eigenvalue weighted by Crippen LogP contribution is -2.35. The number of alkyl halides is 3. The molecule has 6 nitrogen and oxygen atoms in total. The number of halogens is 3. The van der Waals surface area contributed by atoms with Crippen LogP contribution in [0.3, 0.4) is 0 Å². The summed E-state index contributed by atoms with van der Waals surface area (Å²) in [6.45, 7) is 3.02. The SMILES string of the molecule is O=C(NCc1cccc(CN2CCOCC2)c1)c1ccc(OCC(F)(F)F)nc1. The number of hydrogen-bond donors (Lipinski definition) is 1. The highest BCUT2D eigenvalue weighted by Crippen LogP contribution is 2.17. The molecule has 0 saturated carbocycles. The lowest BCUT2D eigenvalue weighted by atomic mass is 10.1. The van der Waals surface area contributed by atoms with Gasteiger partial charge in [-0.3, -0.25) is 9.69 Å². The molecule has 2 aromatic rings. The molecule has 1 fully saturated rings. The summed E-state index contributed by atoms with van der Waals surface area (Å²) in [5.74, 6) is -0.548. The summed E-state index contributed by atoms with van der Waals surface area (Å²) in [5, 5.41) is 2.79. The minimum atomic E-state index is -4.44. The first kappa shape index (κ1) is 21.1. The second-order valence-corrected chi connectivity index (χ2v) is 6.68. The second-order valence-electron chi connectivity index (χ2n) is 6.68. The maximum absolute atomic E-state index is 12.3. The fourth-order valence-corrected chi connectivity index (χ4v) is 2.90. The van der Waals surface area contributed by atoms with Gasteiger partial charge in [0.2, 0.25) is 5.88 Å².